The zero-order valence-corrected chi connectivity index (χ0v) is 11.1. The van der Waals surface area contributed by atoms with Crippen molar-refractivity contribution in [2.45, 2.75) is 32.0 Å². The lowest BCUT2D eigenvalue weighted by Gasteiger charge is -2.27. The Balaban J connectivity index is 2.21. The molecule has 0 aliphatic carbocycles. The van der Waals surface area contributed by atoms with Crippen LogP contribution in [0.3, 0.4) is 0 Å². The normalized spacial score (nSPS) is 18.9. The molecule has 0 bridgehead atoms. The minimum atomic E-state index is -0.489. The Morgan fingerprint density at radius 2 is 1.81 bits per heavy atom. The van der Waals surface area contributed by atoms with Gasteiger partial charge in [0.05, 0.1) is 13.2 Å². The second kappa shape index (κ2) is 5.30. The topological polar surface area (TPSA) is 18.5 Å². The zero-order valence-electron chi connectivity index (χ0n) is 9.54. The highest BCUT2D eigenvalue weighted by Crippen LogP contribution is 2.36. The first-order chi connectivity index (χ1) is 7.77. The summed E-state index contributed by atoms with van der Waals surface area (Å²) in [5.74, 6) is -0.489. The largest absolute Gasteiger partial charge is 0.343 e. The van der Waals surface area contributed by atoms with Gasteiger partial charge in [-0.25, -0.2) is 0 Å². The van der Waals surface area contributed by atoms with Gasteiger partial charge in [-0.15, -0.1) is 0 Å². The van der Waals surface area contributed by atoms with Crippen molar-refractivity contribution < 1.29 is 9.47 Å². The molecular weight excluding hydrogens is 268 g/mol. The SMILES string of the molecule is CCCCC1(c2ccc(Br)cc2)OCCO1. The highest BCUT2D eigenvalue weighted by molar-refractivity contribution is 9.10. The van der Waals surface area contributed by atoms with Crippen molar-refractivity contribution in [1.29, 1.82) is 0 Å². The Morgan fingerprint density at radius 1 is 1.19 bits per heavy atom. The molecule has 1 fully saturated rings. The summed E-state index contributed by atoms with van der Waals surface area (Å²) in [7, 11) is 0. The molecular formula is C13H17BrO2. The van der Waals surface area contributed by atoms with Crippen molar-refractivity contribution in [3.8, 4) is 0 Å². The molecule has 1 heterocycles. The van der Waals surface area contributed by atoms with Crippen molar-refractivity contribution in [1.82, 2.24) is 0 Å². The van der Waals surface area contributed by atoms with Gasteiger partial charge in [0.1, 0.15) is 0 Å². The van der Waals surface area contributed by atoms with Gasteiger partial charge in [-0.05, 0) is 18.6 Å². The van der Waals surface area contributed by atoms with Crippen LogP contribution in [0.1, 0.15) is 31.7 Å². The quantitative estimate of drug-likeness (QED) is 0.836. The number of rotatable bonds is 4. The number of unbranched alkanes of at least 4 members (excludes halogenated alkanes) is 1. The molecule has 0 atom stereocenters. The van der Waals surface area contributed by atoms with E-state index >= 15 is 0 Å². The molecule has 1 aromatic rings. The van der Waals surface area contributed by atoms with Gasteiger partial charge in [0.15, 0.2) is 5.79 Å². The third kappa shape index (κ3) is 2.47. The molecule has 0 aromatic heterocycles. The maximum absolute atomic E-state index is 5.83. The standard InChI is InChI=1S/C13H17BrO2/c1-2-3-8-13(15-9-10-16-13)11-4-6-12(14)7-5-11/h4-7H,2-3,8-10H2,1H3. The highest BCUT2D eigenvalue weighted by atomic mass is 79.9. The van der Waals surface area contributed by atoms with Crippen molar-refractivity contribution >= 4 is 15.9 Å². The van der Waals surface area contributed by atoms with Gasteiger partial charge in [-0.1, -0.05) is 41.4 Å². The van der Waals surface area contributed by atoms with Crippen LogP contribution in [-0.2, 0) is 15.3 Å². The van der Waals surface area contributed by atoms with Crippen LogP contribution >= 0.6 is 15.9 Å². The van der Waals surface area contributed by atoms with Gasteiger partial charge in [-0.2, -0.15) is 0 Å². The van der Waals surface area contributed by atoms with Crippen LogP contribution in [0.15, 0.2) is 28.7 Å². The monoisotopic (exact) mass is 284 g/mol. The van der Waals surface area contributed by atoms with Gasteiger partial charge in [-0.3, -0.25) is 0 Å². The smallest absolute Gasteiger partial charge is 0.194 e. The van der Waals surface area contributed by atoms with Crippen LogP contribution in [0.4, 0.5) is 0 Å². The average Bonchev–Trinajstić information content (AvgIpc) is 2.77. The fraction of sp³-hybridized carbons (Fsp3) is 0.538. The Kier molecular flexibility index (Phi) is 4.00. The molecule has 0 amide bonds. The van der Waals surface area contributed by atoms with E-state index in [4.69, 9.17) is 9.47 Å². The van der Waals surface area contributed by atoms with Gasteiger partial charge >= 0.3 is 0 Å². The van der Waals surface area contributed by atoms with Gasteiger partial charge in [0.25, 0.3) is 0 Å². The number of halogens is 1. The fourth-order valence-corrected chi connectivity index (χ4v) is 2.29. The molecule has 16 heavy (non-hydrogen) atoms. The minimum absolute atomic E-state index is 0.489. The van der Waals surface area contributed by atoms with Crippen LogP contribution in [0.5, 0.6) is 0 Å². The number of ether oxygens (including phenoxy) is 2. The Bertz CT molecular complexity index is 328. The summed E-state index contributed by atoms with van der Waals surface area (Å²) < 4.78 is 12.7. The van der Waals surface area contributed by atoms with Crippen LogP contribution in [0.25, 0.3) is 0 Å². The first-order valence-electron chi connectivity index (χ1n) is 5.81. The predicted molar refractivity (Wildman–Crippen MR) is 67.2 cm³/mol. The Hall–Kier alpha value is -0.380. The summed E-state index contributed by atoms with van der Waals surface area (Å²) in [6.45, 7) is 3.57. The molecule has 0 N–H and O–H groups in total. The van der Waals surface area contributed by atoms with Crippen LogP contribution < -0.4 is 0 Å². The molecule has 0 unspecified atom stereocenters. The molecule has 0 spiro atoms. The van der Waals surface area contributed by atoms with Crippen molar-refractivity contribution in [2.24, 2.45) is 0 Å². The average molecular weight is 285 g/mol. The first kappa shape index (κ1) is 12.1. The number of benzene rings is 1. The molecule has 1 aromatic carbocycles. The minimum Gasteiger partial charge on any atom is -0.343 e. The van der Waals surface area contributed by atoms with Gasteiger partial charge in [0, 0.05) is 16.5 Å². The summed E-state index contributed by atoms with van der Waals surface area (Å²) in [6.07, 6.45) is 3.21. The molecule has 2 nitrogen and oxygen atoms in total. The second-order valence-electron chi connectivity index (χ2n) is 4.06. The van der Waals surface area contributed by atoms with E-state index in [1.807, 2.05) is 12.1 Å². The van der Waals surface area contributed by atoms with E-state index in [0.717, 1.165) is 29.3 Å². The molecule has 1 saturated heterocycles. The van der Waals surface area contributed by atoms with Crippen molar-refractivity contribution in [3.63, 3.8) is 0 Å². The second-order valence-corrected chi connectivity index (χ2v) is 4.98. The van der Waals surface area contributed by atoms with Gasteiger partial charge in [0.2, 0.25) is 0 Å². The van der Waals surface area contributed by atoms with Crippen LogP contribution in [0.2, 0.25) is 0 Å². The molecule has 1 aliphatic rings. The molecule has 2 rings (SSSR count). The lowest BCUT2D eigenvalue weighted by atomic mass is 10.00. The molecule has 0 saturated carbocycles. The Labute approximate surface area is 105 Å². The summed E-state index contributed by atoms with van der Waals surface area (Å²) in [6, 6.07) is 8.22. The first-order valence-corrected chi connectivity index (χ1v) is 6.60. The van der Waals surface area contributed by atoms with E-state index in [2.05, 4.69) is 35.0 Å². The van der Waals surface area contributed by atoms with Gasteiger partial charge < -0.3 is 9.47 Å². The summed E-state index contributed by atoms with van der Waals surface area (Å²) in [4.78, 5) is 0. The summed E-state index contributed by atoms with van der Waals surface area (Å²) in [5, 5.41) is 0. The molecule has 0 radical (unpaired) electrons. The van der Waals surface area contributed by atoms with E-state index < -0.39 is 5.79 Å². The third-order valence-corrected chi connectivity index (χ3v) is 3.43. The number of hydrogen-bond acceptors (Lipinski definition) is 2. The van der Waals surface area contributed by atoms with Crippen LogP contribution in [0, 0.1) is 0 Å². The molecule has 1 aliphatic heterocycles. The third-order valence-electron chi connectivity index (χ3n) is 2.90. The number of hydrogen-bond donors (Lipinski definition) is 0. The van der Waals surface area contributed by atoms with E-state index in [1.54, 1.807) is 0 Å². The lowest BCUT2D eigenvalue weighted by Crippen LogP contribution is -2.26. The molecule has 3 heteroatoms. The summed E-state index contributed by atoms with van der Waals surface area (Å²) in [5.41, 5.74) is 1.13. The molecule has 88 valence electrons. The summed E-state index contributed by atoms with van der Waals surface area (Å²) >= 11 is 3.44. The van der Waals surface area contributed by atoms with E-state index in [0.29, 0.717) is 13.2 Å². The maximum Gasteiger partial charge on any atom is 0.194 e. The maximum atomic E-state index is 5.83. The van der Waals surface area contributed by atoms with Crippen LogP contribution in [-0.4, -0.2) is 13.2 Å². The van der Waals surface area contributed by atoms with Crippen molar-refractivity contribution in [2.75, 3.05) is 13.2 Å². The zero-order chi connectivity index (χ0) is 11.4. The lowest BCUT2D eigenvalue weighted by molar-refractivity contribution is -0.171. The van der Waals surface area contributed by atoms with Crippen molar-refractivity contribution in [3.05, 3.63) is 34.3 Å². The highest BCUT2D eigenvalue weighted by Gasteiger charge is 2.37. The van der Waals surface area contributed by atoms with E-state index in [1.165, 1.54) is 0 Å². The van der Waals surface area contributed by atoms with E-state index in [-0.39, 0.29) is 0 Å². The fourth-order valence-electron chi connectivity index (χ4n) is 2.02. The predicted octanol–water partition coefficient (Wildman–Crippen LogP) is 3.84. The van der Waals surface area contributed by atoms with E-state index in [9.17, 15) is 0 Å². The Morgan fingerprint density at radius 3 is 2.38 bits per heavy atom.